The Labute approximate surface area is 170 Å². The van der Waals surface area contributed by atoms with E-state index in [0.717, 1.165) is 5.56 Å². The van der Waals surface area contributed by atoms with Crippen LogP contribution < -0.4 is 5.43 Å². The SMILES string of the molecule is C/C(=N/NC(=O)[C@@H]1CCCN(S(=O)(=O)c2ccc(C)cc2)C1)c1ccc(F)cc1. The molecule has 1 saturated heterocycles. The van der Waals surface area contributed by atoms with Crippen molar-refractivity contribution in [1.82, 2.24) is 9.73 Å². The third-order valence-electron chi connectivity index (χ3n) is 5.01. The van der Waals surface area contributed by atoms with Crippen LogP contribution in [0.2, 0.25) is 0 Å². The zero-order valence-electron chi connectivity index (χ0n) is 16.4. The first kappa shape index (κ1) is 21.1. The van der Waals surface area contributed by atoms with E-state index in [1.54, 1.807) is 43.3 Å². The molecule has 1 amide bonds. The molecule has 0 bridgehead atoms. The molecule has 0 aliphatic carbocycles. The summed E-state index contributed by atoms with van der Waals surface area (Å²) in [5.74, 6) is -1.15. The van der Waals surface area contributed by atoms with Crippen LogP contribution in [0.15, 0.2) is 58.5 Å². The molecule has 1 fully saturated rings. The van der Waals surface area contributed by atoms with E-state index < -0.39 is 15.9 Å². The fraction of sp³-hybridized carbons (Fsp3) is 0.333. The molecule has 0 saturated carbocycles. The Bertz CT molecular complexity index is 1000. The number of sulfonamides is 1. The molecule has 1 atom stereocenters. The van der Waals surface area contributed by atoms with Gasteiger partial charge in [0.15, 0.2) is 0 Å². The zero-order valence-corrected chi connectivity index (χ0v) is 17.2. The second-order valence-corrected chi connectivity index (χ2v) is 9.13. The van der Waals surface area contributed by atoms with Gasteiger partial charge in [-0.05, 0) is 56.5 Å². The van der Waals surface area contributed by atoms with Crippen LogP contribution >= 0.6 is 0 Å². The summed E-state index contributed by atoms with van der Waals surface area (Å²) in [6.07, 6.45) is 1.20. The number of aryl methyl sites for hydroxylation is 1. The van der Waals surface area contributed by atoms with E-state index in [2.05, 4.69) is 10.5 Å². The number of hydrogen-bond donors (Lipinski definition) is 1. The molecule has 6 nitrogen and oxygen atoms in total. The van der Waals surface area contributed by atoms with Crippen molar-refractivity contribution >= 4 is 21.6 Å². The van der Waals surface area contributed by atoms with Crippen LogP contribution in [-0.2, 0) is 14.8 Å². The van der Waals surface area contributed by atoms with Crippen LogP contribution in [0, 0.1) is 18.7 Å². The molecule has 3 rings (SSSR count). The van der Waals surface area contributed by atoms with Crippen LogP contribution in [0.5, 0.6) is 0 Å². The zero-order chi connectivity index (χ0) is 21.0. The van der Waals surface area contributed by atoms with Gasteiger partial charge in [0.1, 0.15) is 5.82 Å². The number of nitrogens with zero attached hydrogens (tertiary/aromatic N) is 2. The lowest BCUT2D eigenvalue weighted by Gasteiger charge is -2.30. The lowest BCUT2D eigenvalue weighted by atomic mass is 9.99. The highest BCUT2D eigenvalue weighted by molar-refractivity contribution is 7.89. The van der Waals surface area contributed by atoms with E-state index in [0.29, 0.717) is 30.7 Å². The van der Waals surface area contributed by atoms with Crippen LogP contribution in [0.4, 0.5) is 4.39 Å². The van der Waals surface area contributed by atoms with Gasteiger partial charge in [-0.2, -0.15) is 9.41 Å². The molecule has 1 N–H and O–H groups in total. The first-order chi connectivity index (χ1) is 13.8. The van der Waals surface area contributed by atoms with E-state index in [4.69, 9.17) is 0 Å². The Hall–Kier alpha value is -2.58. The van der Waals surface area contributed by atoms with Crippen molar-refractivity contribution in [1.29, 1.82) is 0 Å². The normalized spacial score (nSPS) is 18.4. The highest BCUT2D eigenvalue weighted by Gasteiger charge is 2.33. The van der Waals surface area contributed by atoms with Crippen LogP contribution in [-0.4, -0.2) is 37.4 Å². The number of benzene rings is 2. The average Bonchev–Trinajstić information content (AvgIpc) is 2.72. The molecule has 1 aliphatic rings. The van der Waals surface area contributed by atoms with Crippen molar-refractivity contribution in [2.75, 3.05) is 13.1 Å². The molecule has 0 spiro atoms. The number of hydrogen-bond acceptors (Lipinski definition) is 4. The maximum absolute atomic E-state index is 13.0. The fourth-order valence-electron chi connectivity index (χ4n) is 3.22. The molecule has 1 heterocycles. The Morgan fingerprint density at radius 2 is 1.79 bits per heavy atom. The third-order valence-corrected chi connectivity index (χ3v) is 6.89. The van der Waals surface area contributed by atoms with Gasteiger partial charge in [-0.3, -0.25) is 4.79 Å². The van der Waals surface area contributed by atoms with Crippen molar-refractivity contribution in [3.8, 4) is 0 Å². The standard InChI is InChI=1S/C21H24FN3O3S/c1-15-5-11-20(12-6-15)29(27,28)25-13-3-4-18(14-25)21(26)24-23-16(2)17-7-9-19(22)10-8-17/h5-12,18H,3-4,13-14H2,1-2H3,(H,24,26)/b23-16-/t18-/m1/s1. The lowest BCUT2D eigenvalue weighted by Crippen LogP contribution is -2.44. The van der Waals surface area contributed by atoms with Gasteiger partial charge in [0.2, 0.25) is 15.9 Å². The Morgan fingerprint density at radius 3 is 2.45 bits per heavy atom. The number of hydrazone groups is 1. The predicted octanol–water partition coefficient (Wildman–Crippen LogP) is 3.08. The third kappa shape index (κ3) is 5.07. The monoisotopic (exact) mass is 417 g/mol. The van der Waals surface area contributed by atoms with E-state index >= 15 is 0 Å². The molecule has 8 heteroatoms. The molecule has 2 aromatic carbocycles. The van der Waals surface area contributed by atoms with Gasteiger partial charge in [0.05, 0.1) is 16.5 Å². The Kier molecular flexibility index (Phi) is 6.44. The number of rotatable bonds is 5. The van der Waals surface area contributed by atoms with Gasteiger partial charge in [-0.25, -0.2) is 18.2 Å². The van der Waals surface area contributed by atoms with Crippen molar-refractivity contribution in [2.24, 2.45) is 11.0 Å². The first-order valence-electron chi connectivity index (χ1n) is 9.44. The van der Waals surface area contributed by atoms with Crippen LogP contribution in [0.1, 0.15) is 30.9 Å². The van der Waals surface area contributed by atoms with Gasteiger partial charge in [0, 0.05) is 13.1 Å². The smallest absolute Gasteiger partial charge is 0.244 e. The molecular formula is C21H24FN3O3S. The minimum Gasteiger partial charge on any atom is -0.273 e. The largest absolute Gasteiger partial charge is 0.273 e. The Balaban J connectivity index is 1.66. The molecule has 0 unspecified atom stereocenters. The predicted molar refractivity (Wildman–Crippen MR) is 109 cm³/mol. The van der Waals surface area contributed by atoms with Crippen molar-refractivity contribution in [2.45, 2.75) is 31.6 Å². The maximum atomic E-state index is 13.0. The first-order valence-corrected chi connectivity index (χ1v) is 10.9. The second kappa shape index (κ2) is 8.84. The van der Waals surface area contributed by atoms with Crippen molar-refractivity contribution in [3.63, 3.8) is 0 Å². The van der Waals surface area contributed by atoms with E-state index in [1.165, 1.54) is 16.4 Å². The fourth-order valence-corrected chi connectivity index (χ4v) is 4.74. The highest BCUT2D eigenvalue weighted by Crippen LogP contribution is 2.24. The topological polar surface area (TPSA) is 78.8 Å². The summed E-state index contributed by atoms with van der Waals surface area (Å²) in [6.45, 7) is 4.11. The summed E-state index contributed by atoms with van der Waals surface area (Å²) in [6, 6.07) is 12.5. The number of halogens is 1. The minimum atomic E-state index is -3.64. The van der Waals surface area contributed by atoms with Gasteiger partial charge >= 0.3 is 0 Å². The van der Waals surface area contributed by atoms with E-state index in [9.17, 15) is 17.6 Å². The van der Waals surface area contributed by atoms with E-state index in [1.807, 2.05) is 6.92 Å². The summed E-state index contributed by atoms with van der Waals surface area (Å²) in [5, 5.41) is 4.08. The molecule has 154 valence electrons. The molecule has 0 radical (unpaired) electrons. The van der Waals surface area contributed by atoms with Crippen LogP contribution in [0.3, 0.4) is 0 Å². The summed E-state index contributed by atoms with van der Waals surface area (Å²) >= 11 is 0. The van der Waals surface area contributed by atoms with Gasteiger partial charge in [-0.1, -0.05) is 29.8 Å². The summed E-state index contributed by atoms with van der Waals surface area (Å²) in [4.78, 5) is 12.8. The summed E-state index contributed by atoms with van der Waals surface area (Å²) in [5.41, 5.74) is 4.73. The van der Waals surface area contributed by atoms with Gasteiger partial charge < -0.3 is 0 Å². The van der Waals surface area contributed by atoms with Crippen molar-refractivity contribution < 1.29 is 17.6 Å². The number of carbonyl (C=O) groups excluding carboxylic acids is 1. The van der Waals surface area contributed by atoms with Gasteiger partial charge in [-0.15, -0.1) is 0 Å². The molecule has 29 heavy (non-hydrogen) atoms. The lowest BCUT2D eigenvalue weighted by molar-refractivity contribution is -0.126. The van der Waals surface area contributed by atoms with Crippen molar-refractivity contribution in [3.05, 3.63) is 65.5 Å². The Morgan fingerprint density at radius 1 is 1.14 bits per heavy atom. The average molecular weight is 418 g/mol. The molecular weight excluding hydrogens is 393 g/mol. The van der Waals surface area contributed by atoms with Crippen LogP contribution in [0.25, 0.3) is 0 Å². The molecule has 2 aromatic rings. The second-order valence-electron chi connectivity index (χ2n) is 7.20. The molecule has 0 aromatic heterocycles. The number of piperidine rings is 1. The number of carbonyl (C=O) groups is 1. The minimum absolute atomic E-state index is 0.118. The summed E-state index contributed by atoms with van der Waals surface area (Å²) in [7, 11) is -3.64. The maximum Gasteiger partial charge on any atom is 0.244 e. The number of amides is 1. The van der Waals surface area contributed by atoms with E-state index in [-0.39, 0.29) is 23.2 Å². The highest BCUT2D eigenvalue weighted by atomic mass is 32.2. The summed E-state index contributed by atoms with van der Waals surface area (Å²) < 4.78 is 40.1. The number of nitrogens with one attached hydrogen (secondary N) is 1. The molecule has 1 aliphatic heterocycles. The quantitative estimate of drug-likeness (QED) is 0.600. The van der Waals surface area contributed by atoms with Gasteiger partial charge in [0.25, 0.3) is 0 Å².